The highest BCUT2D eigenvalue weighted by Crippen LogP contribution is 2.42. The highest BCUT2D eigenvalue weighted by Gasteiger charge is 2.52. The molecule has 1 aliphatic rings. The quantitative estimate of drug-likeness (QED) is 0.656. The molecule has 0 spiro atoms. The number of nitrogens with one attached hydrogen (secondary N) is 1. The first-order valence-electron chi connectivity index (χ1n) is 4.19. The van der Waals surface area contributed by atoms with Gasteiger partial charge in [0.05, 0.1) is 0 Å². The molecule has 0 fully saturated rings. The van der Waals surface area contributed by atoms with E-state index in [1.54, 1.807) is 0 Å². The van der Waals surface area contributed by atoms with E-state index in [4.69, 9.17) is 34.8 Å². The maximum atomic E-state index is 9.94. The molecule has 6 heteroatoms. The summed E-state index contributed by atoms with van der Waals surface area (Å²) in [5.74, 6) is 0. The predicted molar refractivity (Wildman–Crippen MR) is 59.9 cm³/mol. The molecule has 1 aliphatic heterocycles. The van der Waals surface area contributed by atoms with Crippen LogP contribution in [0, 0.1) is 5.41 Å². The molecule has 1 rings (SSSR count). The van der Waals surface area contributed by atoms with Crippen LogP contribution in [-0.2, 0) is 0 Å². The van der Waals surface area contributed by atoms with Gasteiger partial charge in [-0.3, -0.25) is 5.43 Å². The Morgan fingerprint density at radius 1 is 1.36 bits per heavy atom. The molecule has 3 nitrogen and oxygen atoms in total. The largest absolute Gasteiger partial charge is 0.366 e. The van der Waals surface area contributed by atoms with Gasteiger partial charge in [-0.05, 0) is 0 Å². The average molecular weight is 260 g/mol. The second-order valence-corrected chi connectivity index (χ2v) is 6.74. The third-order valence-electron chi connectivity index (χ3n) is 2.13. The minimum absolute atomic E-state index is 0.145. The van der Waals surface area contributed by atoms with Crippen LogP contribution in [0.2, 0.25) is 0 Å². The van der Waals surface area contributed by atoms with Crippen LogP contribution < -0.4 is 5.43 Å². The Kier molecular flexibility index (Phi) is 3.01. The first kappa shape index (κ1) is 12.4. The van der Waals surface area contributed by atoms with Crippen molar-refractivity contribution in [2.75, 3.05) is 0 Å². The minimum Gasteiger partial charge on any atom is -0.366 e. The maximum Gasteiger partial charge on any atom is 0.239 e. The number of hydrogen-bond acceptors (Lipinski definition) is 3. The molecule has 0 amide bonds. The zero-order valence-electron chi connectivity index (χ0n) is 8.24. The Labute approximate surface area is 98.4 Å². The van der Waals surface area contributed by atoms with Crippen molar-refractivity contribution in [2.45, 2.75) is 36.7 Å². The van der Waals surface area contributed by atoms with Gasteiger partial charge < -0.3 is 5.11 Å². The van der Waals surface area contributed by atoms with Crippen LogP contribution in [-0.4, -0.2) is 20.3 Å². The van der Waals surface area contributed by atoms with Crippen LogP contribution in [0.25, 0.3) is 0 Å². The second-order valence-electron chi connectivity index (χ2n) is 4.46. The Balaban J connectivity index is 2.81. The summed E-state index contributed by atoms with van der Waals surface area (Å²) in [6.07, 6.45) is 0.215. The van der Waals surface area contributed by atoms with Crippen molar-refractivity contribution in [3.05, 3.63) is 0 Å². The van der Waals surface area contributed by atoms with E-state index in [2.05, 4.69) is 10.5 Å². The van der Waals surface area contributed by atoms with E-state index in [1.165, 1.54) is 0 Å². The molecular weight excluding hydrogens is 246 g/mol. The lowest BCUT2D eigenvalue weighted by molar-refractivity contribution is 0.0265. The molecule has 82 valence electrons. The van der Waals surface area contributed by atoms with Crippen molar-refractivity contribution in [1.29, 1.82) is 0 Å². The molecule has 0 bridgehead atoms. The third kappa shape index (κ3) is 2.27. The van der Waals surface area contributed by atoms with E-state index in [1.807, 2.05) is 20.8 Å². The van der Waals surface area contributed by atoms with Crippen LogP contribution in [0.5, 0.6) is 0 Å². The first-order chi connectivity index (χ1) is 6.06. The summed E-state index contributed by atoms with van der Waals surface area (Å²) in [5.41, 5.74) is 1.52. The van der Waals surface area contributed by atoms with Crippen LogP contribution in [0.1, 0.15) is 27.2 Å². The predicted octanol–water partition coefficient (Wildman–Crippen LogP) is 2.44. The van der Waals surface area contributed by atoms with Crippen molar-refractivity contribution in [3.8, 4) is 0 Å². The maximum absolute atomic E-state index is 9.94. The molecule has 1 unspecified atom stereocenters. The Morgan fingerprint density at radius 3 is 2.07 bits per heavy atom. The third-order valence-corrected chi connectivity index (χ3v) is 3.07. The minimum atomic E-state index is -1.79. The number of aliphatic hydroxyl groups is 1. The number of nitrogens with zero attached hydrogens (tertiary/aromatic N) is 1. The molecule has 0 radical (unpaired) electrons. The topological polar surface area (TPSA) is 44.6 Å². The highest BCUT2D eigenvalue weighted by atomic mass is 35.6. The molecule has 1 atom stereocenters. The molecule has 0 aliphatic carbocycles. The highest BCUT2D eigenvalue weighted by molar-refractivity contribution is 6.68. The molecule has 0 aromatic heterocycles. The van der Waals surface area contributed by atoms with E-state index in [9.17, 15) is 5.11 Å². The van der Waals surface area contributed by atoms with Gasteiger partial charge in [-0.2, -0.15) is 5.10 Å². The molecule has 14 heavy (non-hydrogen) atoms. The lowest BCUT2D eigenvalue weighted by atomic mass is 9.86. The number of halogens is 3. The van der Waals surface area contributed by atoms with E-state index < -0.39 is 9.52 Å². The summed E-state index contributed by atoms with van der Waals surface area (Å²) in [4.78, 5) is 0. The smallest absolute Gasteiger partial charge is 0.239 e. The van der Waals surface area contributed by atoms with Crippen LogP contribution in [0.4, 0.5) is 0 Å². The summed E-state index contributed by atoms with van der Waals surface area (Å²) < 4.78 is -1.79. The lowest BCUT2D eigenvalue weighted by Gasteiger charge is -2.30. The van der Waals surface area contributed by atoms with E-state index in [0.717, 1.165) is 5.71 Å². The number of rotatable bonds is 0. The van der Waals surface area contributed by atoms with Gasteiger partial charge in [0, 0.05) is 17.5 Å². The lowest BCUT2D eigenvalue weighted by Crippen LogP contribution is -2.51. The molecule has 2 N–H and O–H groups in total. The zero-order valence-corrected chi connectivity index (χ0v) is 10.5. The Bertz CT molecular complexity index is 267. The standard InChI is InChI=1S/C8H13Cl3N2O/c1-6(2,3)5-4-7(14,13-12-5)8(9,10)11/h13-14H,4H2,1-3H3. The van der Waals surface area contributed by atoms with Crippen LogP contribution in [0.15, 0.2) is 5.10 Å². The molecule has 0 aromatic rings. The van der Waals surface area contributed by atoms with Gasteiger partial charge in [0.25, 0.3) is 0 Å². The number of alkyl halides is 3. The SMILES string of the molecule is CC(C)(C)C1=NNC(O)(C(Cl)(Cl)Cl)C1. The van der Waals surface area contributed by atoms with Crippen molar-refractivity contribution < 1.29 is 5.11 Å². The zero-order chi connectivity index (χ0) is 11.2. The number of hydrazone groups is 1. The molecule has 1 heterocycles. The summed E-state index contributed by atoms with van der Waals surface area (Å²) >= 11 is 16.9. The monoisotopic (exact) mass is 258 g/mol. The van der Waals surface area contributed by atoms with Crippen molar-refractivity contribution >= 4 is 40.5 Å². The summed E-state index contributed by atoms with van der Waals surface area (Å²) in [5, 5.41) is 13.9. The average Bonchev–Trinajstić information content (AvgIpc) is 2.29. The molecule has 0 saturated heterocycles. The van der Waals surface area contributed by atoms with E-state index in [0.29, 0.717) is 0 Å². The first-order valence-corrected chi connectivity index (χ1v) is 5.33. The van der Waals surface area contributed by atoms with Gasteiger partial charge >= 0.3 is 0 Å². The van der Waals surface area contributed by atoms with Crippen LogP contribution >= 0.6 is 34.8 Å². The molecular formula is C8H13Cl3N2O. The summed E-state index contributed by atoms with van der Waals surface area (Å²) in [6, 6.07) is 0. The van der Waals surface area contributed by atoms with Crippen molar-refractivity contribution in [3.63, 3.8) is 0 Å². The Hall–Kier alpha value is 0.300. The van der Waals surface area contributed by atoms with Crippen molar-refractivity contribution in [2.24, 2.45) is 10.5 Å². The van der Waals surface area contributed by atoms with Gasteiger partial charge in [0.2, 0.25) is 9.52 Å². The normalized spacial score (nSPS) is 28.6. The fourth-order valence-corrected chi connectivity index (χ4v) is 1.41. The summed E-state index contributed by atoms with van der Waals surface area (Å²) in [6.45, 7) is 5.95. The Morgan fingerprint density at radius 2 is 1.86 bits per heavy atom. The molecule has 0 saturated carbocycles. The molecule has 0 aromatic carbocycles. The fourth-order valence-electron chi connectivity index (χ4n) is 1.08. The van der Waals surface area contributed by atoms with Crippen LogP contribution in [0.3, 0.4) is 0 Å². The fraction of sp³-hybridized carbons (Fsp3) is 0.875. The van der Waals surface area contributed by atoms with Gasteiger partial charge in [0.15, 0.2) is 0 Å². The van der Waals surface area contributed by atoms with Crippen molar-refractivity contribution in [1.82, 2.24) is 5.43 Å². The van der Waals surface area contributed by atoms with E-state index in [-0.39, 0.29) is 11.8 Å². The van der Waals surface area contributed by atoms with Gasteiger partial charge in [0.1, 0.15) is 0 Å². The van der Waals surface area contributed by atoms with Gasteiger partial charge in [-0.15, -0.1) is 0 Å². The van der Waals surface area contributed by atoms with Gasteiger partial charge in [-0.25, -0.2) is 0 Å². The van der Waals surface area contributed by atoms with E-state index >= 15 is 0 Å². The summed E-state index contributed by atoms with van der Waals surface area (Å²) in [7, 11) is 0. The number of hydrogen-bond donors (Lipinski definition) is 2. The second kappa shape index (κ2) is 3.41. The van der Waals surface area contributed by atoms with Gasteiger partial charge in [-0.1, -0.05) is 55.6 Å².